The number of carbonyl (C=O) groups is 1. The van der Waals surface area contributed by atoms with Crippen molar-refractivity contribution in [3.63, 3.8) is 0 Å². The number of nitrogens with two attached hydrogens (primary N) is 1. The normalized spacial score (nSPS) is 33.1. The molecule has 98 valence electrons. The van der Waals surface area contributed by atoms with Crippen LogP contribution in [0.2, 0.25) is 0 Å². The summed E-state index contributed by atoms with van der Waals surface area (Å²) in [5, 5.41) is 3.25. The lowest BCUT2D eigenvalue weighted by molar-refractivity contribution is -0.126. The zero-order valence-electron chi connectivity index (χ0n) is 11.1. The van der Waals surface area contributed by atoms with Gasteiger partial charge in [-0.25, -0.2) is 0 Å². The Morgan fingerprint density at radius 3 is 2.59 bits per heavy atom. The second-order valence-corrected chi connectivity index (χ2v) is 6.35. The average molecular weight is 238 g/mol. The highest BCUT2D eigenvalue weighted by atomic mass is 16.2. The third-order valence-electron chi connectivity index (χ3n) is 4.48. The predicted molar refractivity (Wildman–Crippen MR) is 69.4 cm³/mol. The number of hydrogen-bond acceptors (Lipinski definition) is 2. The van der Waals surface area contributed by atoms with Gasteiger partial charge in [-0.1, -0.05) is 20.3 Å². The van der Waals surface area contributed by atoms with E-state index in [0.29, 0.717) is 18.5 Å². The first-order chi connectivity index (χ1) is 8.10. The molecule has 17 heavy (non-hydrogen) atoms. The van der Waals surface area contributed by atoms with Crippen molar-refractivity contribution in [2.24, 2.45) is 29.4 Å². The van der Waals surface area contributed by atoms with E-state index >= 15 is 0 Å². The molecule has 1 amide bonds. The first-order valence-electron chi connectivity index (χ1n) is 7.10. The number of amides is 1. The largest absolute Gasteiger partial charge is 0.353 e. The molecule has 0 heterocycles. The summed E-state index contributed by atoms with van der Waals surface area (Å²) in [5.74, 6) is 2.37. The lowest BCUT2D eigenvalue weighted by Crippen LogP contribution is -2.44. The maximum atomic E-state index is 12.2. The Morgan fingerprint density at radius 2 is 2.12 bits per heavy atom. The van der Waals surface area contributed by atoms with E-state index in [9.17, 15) is 4.79 Å². The van der Waals surface area contributed by atoms with Gasteiger partial charge in [0.05, 0.1) is 5.92 Å². The molecule has 3 N–H and O–H groups in total. The van der Waals surface area contributed by atoms with Crippen molar-refractivity contribution in [3.05, 3.63) is 0 Å². The summed E-state index contributed by atoms with van der Waals surface area (Å²) >= 11 is 0. The lowest BCUT2D eigenvalue weighted by Gasteiger charge is -2.25. The van der Waals surface area contributed by atoms with Crippen molar-refractivity contribution in [1.82, 2.24) is 5.32 Å². The first-order valence-corrected chi connectivity index (χ1v) is 7.10. The quantitative estimate of drug-likeness (QED) is 0.768. The van der Waals surface area contributed by atoms with E-state index in [4.69, 9.17) is 5.73 Å². The van der Waals surface area contributed by atoms with Crippen molar-refractivity contribution in [1.29, 1.82) is 0 Å². The van der Waals surface area contributed by atoms with Crippen molar-refractivity contribution in [3.8, 4) is 0 Å². The molecule has 3 nitrogen and oxygen atoms in total. The number of carbonyl (C=O) groups excluding carboxylic acids is 1. The van der Waals surface area contributed by atoms with E-state index in [1.807, 2.05) is 0 Å². The summed E-state index contributed by atoms with van der Waals surface area (Å²) in [4.78, 5) is 12.2. The molecule has 2 fully saturated rings. The van der Waals surface area contributed by atoms with E-state index in [1.165, 1.54) is 25.7 Å². The molecule has 3 heteroatoms. The topological polar surface area (TPSA) is 55.1 Å². The highest BCUT2D eigenvalue weighted by Gasteiger charge is 2.40. The summed E-state index contributed by atoms with van der Waals surface area (Å²) in [7, 11) is 0. The van der Waals surface area contributed by atoms with Gasteiger partial charge in [0.2, 0.25) is 5.91 Å². The van der Waals surface area contributed by atoms with E-state index in [1.54, 1.807) is 0 Å². The zero-order chi connectivity index (χ0) is 12.4. The minimum absolute atomic E-state index is 0.00845. The Hall–Kier alpha value is -0.570. The molecule has 0 aliphatic heterocycles. The van der Waals surface area contributed by atoms with Gasteiger partial charge in [-0.2, -0.15) is 0 Å². The maximum Gasteiger partial charge on any atom is 0.224 e. The molecule has 4 unspecified atom stereocenters. The van der Waals surface area contributed by atoms with Gasteiger partial charge >= 0.3 is 0 Å². The van der Waals surface area contributed by atoms with Crippen LogP contribution in [0.4, 0.5) is 0 Å². The summed E-state index contributed by atoms with van der Waals surface area (Å²) in [6.07, 6.45) is 6.14. The summed E-state index contributed by atoms with van der Waals surface area (Å²) in [6.45, 7) is 4.77. The van der Waals surface area contributed by atoms with Gasteiger partial charge < -0.3 is 11.1 Å². The van der Waals surface area contributed by atoms with Gasteiger partial charge in [0.15, 0.2) is 0 Å². The van der Waals surface area contributed by atoms with Crippen LogP contribution in [0.5, 0.6) is 0 Å². The highest BCUT2D eigenvalue weighted by Crippen LogP contribution is 2.44. The van der Waals surface area contributed by atoms with Crippen molar-refractivity contribution in [2.45, 2.75) is 52.0 Å². The molecule has 2 aliphatic rings. The number of hydrogen-bond donors (Lipinski definition) is 2. The molecule has 2 aliphatic carbocycles. The minimum Gasteiger partial charge on any atom is -0.353 e. The molecular formula is C14H26N2O. The molecule has 2 rings (SSSR count). The van der Waals surface area contributed by atoms with Crippen LogP contribution in [0.15, 0.2) is 0 Å². The Labute approximate surface area is 105 Å². The third kappa shape index (κ3) is 3.01. The van der Waals surface area contributed by atoms with E-state index in [-0.39, 0.29) is 11.8 Å². The van der Waals surface area contributed by atoms with Crippen molar-refractivity contribution < 1.29 is 4.79 Å². The molecule has 4 atom stereocenters. The van der Waals surface area contributed by atoms with Gasteiger partial charge in [0, 0.05) is 12.6 Å². The standard InChI is InChI=1S/C14H26N2O/c1-9(2)5-12(8-15)14(17)16-13-7-10-3-4-11(13)6-10/h9-13H,3-8,15H2,1-2H3,(H,16,17). The van der Waals surface area contributed by atoms with Gasteiger partial charge in [-0.15, -0.1) is 0 Å². The Bertz CT molecular complexity index is 277. The monoisotopic (exact) mass is 238 g/mol. The molecule has 0 aromatic carbocycles. The molecule has 0 aromatic heterocycles. The Balaban J connectivity index is 1.83. The van der Waals surface area contributed by atoms with Crippen LogP contribution < -0.4 is 11.1 Å². The Morgan fingerprint density at radius 1 is 1.35 bits per heavy atom. The number of nitrogens with one attached hydrogen (secondary N) is 1. The molecule has 0 saturated heterocycles. The minimum atomic E-state index is 0.00845. The lowest BCUT2D eigenvalue weighted by atomic mass is 9.92. The first kappa shape index (κ1) is 12.9. The fourth-order valence-corrected chi connectivity index (χ4v) is 3.60. The van der Waals surface area contributed by atoms with Crippen LogP contribution in [0.1, 0.15) is 46.0 Å². The third-order valence-corrected chi connectivity index (χ3v) is 4.48. The van der Waals surface area contributed by atoms with Crippen LogP contribution in [0, 0.1) is 23.7 Å². The van der Waals surface area contributed by atoms with E-state index in [0.717, 1.165) is 18.3 Å². The highest BCUT2D eigenvalue weighted by molar-refractivity contribution is 5.79. The average Bonchev–Trinajstić information content (AvgIpc) is 2.87. The van der Waals surface area contributed by atoms with Gasteiger partial charge in [-0.3, -0.25) is 4.79 Å². The van der Waals surface area contributed by atoms with E-state index < -0.39 is 0 Å². The Kier molecular flexibility index (Phi) is 4.08. The molecular weight excluding hydrogens is 212 g/mol. The maximum absolute atomic E-state index is 12.2. The molecule has 0 radical (unpaired) electrons. The number of fused-ring (bicyclic) bond motifs is 2. The van der Waals surface area contributed by atoms with E-state index in [2.05, 4.69) is 19.2 Å². The summed E-state index contributed by atoms with van der Waals surface area (Å²) in [5.41, 5.74) is 5.71. The van der Waals surface area contributed by atoms with Gasteiger partial charge in [0.25, 0.3) is 0 Å². The van der Waals surface area contributed by atoms with Crippen molar-refractivity contribution >= 4 is 5.91 Å². The molecule has 0 aromatic rings. The molecule has 2 saturated carbocycles. The molecule has 2 bridgehead atoms. The van der Waals surface area contributed by atoms with Crippen LogP contribution in [-0.2, 0) is 4.79 Å². The molecule has 0 spiro atoms. The second-order valence-electron chi connectivity index (χ2n) is 6.35. The fraction of sp³-hybridized carbons (Fsp3) is 0.929. The SMILES string of the molecule is CC(C)CC(CN)C(=O)NC1CC2CCC1C2. The second kappa shape index (κ2) is 5.38. The number of rotatable bonds is 5. The van der Waals surface area contributed by atoms with Crippen LogP contribution >= 0.6 is 0 Å². The van der Waals surface area contributed by atoms with Crippen LogP contribution in [-0.4, -0.2) is 18.5 Å². The predicted octanol–water partition coefficient (Wildman–Crippen LogP) is 1.91. The zero-order valence-corrected chi connectivity index (χ0v) is 11.1. The smallest absolute Gasteiger partial charge is 0.224 e. The van der Waals surface area contributed by atoms with Gasteiger partial charge in [0.1, 0.15) is 0 Å². The summed E-state index contributed by atoms with van der Waals surface area (Å²) in [6, 6.07) is 0.447. The van der Waals surface area contributed by atoms with Crippen molar-refractivity contribution in [2.75, 3.05) is 6.54 Å². The van der Waals surface area contributed by atoms with Gasteiger partial charge in [-0.05, 0) is 43.4 Å². The van der Waals surface area contributed by atoms with Crippen LogP contribution in [0.3, 0.4) is 0 Å². The fourth-order valence-electron chi connectivity index (χ4n) is 3.60. The summed E-state index contributed by atoms with van der Waals surface area (Å²) < 4.78 is 0. The van der Waals surface area contributed by atoms with Crippen LogP contribution in [0.25, 0.3) is 0 Å².